The summed E-state index contributed by atoms with van der Waals surface area (Å²) in [6, 6.07) is 0. The van der Waals surface area contributed by atoms with E-state index in [0.29, 0.717) is 6.42 Å². The van der Waals surface area contributed by atoms with Crippen molar-refractivity contribution in [3.8, 4) is 0 Å². The summed E-state index contributed by atoms with van der Waals surface area (Å²) in [6.07, 6.45) is 18.3. The molecule has 0 bridgehead atoms. The van der Waals surface area contributed by atoms with E-state index in [4.69, 9.17) is 0 Å². The summed E-state index contributed by atoms with van der Waals surface area (Å²) >= 11 is 2.16. The van der Waals surface area contributed by atoms with Gasteiger partial charge in [-0.3, -0.25) is 4.79 Å². The van der Waals surface area contributed by atoms with E-state index < -0.39 is 0 Å². The lowest BCUT2D eigenvalue weighted by Gasteiger charge is -2.02. The molecule has 2 nitrogen and oxygen atoms in total. The third-order valence-electron chi connectivity index (χ3n) is 4.63. The smallest absolute Gasteiger partial charge is 0.305 e. The van der Waals surface area contributed by atoms with Crippen molar-refractivity contribution in [2.24, 2.45) is 0 Å². The fourth-order valence-electron chi connectivity index (χ4n) is 3.06. The average Bonchev–Trinajstić information content (AvgIpc) is 3.28. The van der Waals surface area contributed by atoms with E-state index in [1.807, 2.05) is 0 Å². The van der Waals surface area contributed by atoms with Gasteiger partial charge in [0, 0.05) is 16.9 Å². The molecule has 1 saturated heterocycles. The number of methoxy groups -OCH3 is 1. The lowest BCUT2D eigenvalue weighted by molar-refractivity contribution is -0.140. The van der Waals surface area contributed by atoms with Crippen LogP contribution in [0.2, 0.25) is 0 Å². The summed E-state index contributed by atoms with van der Waals surface area (Å²) in [5, 5.41) is 1.83. The van der Waals surface area contributed by atoms with E-state index in [-0.39, 0.29) is 5.97 Å². The Balaban J connectivity index is 1.77. The number of hydrogen-bond acceptors (Lipinski definition) is 3. The van der Waals surface area contributed by atoms with Gasteiger partial charge in [-0.1, -0.05) is 71.1 Å². The van der Waals surface area contributed by atoms with E-state index >= 15 is 0 Å². The summed E-state index contributed by atoms with van der Waals surface area (Å²) in [6.45, 7) is 2.28. The summed E-state index contributed by atoms with van der Waals surface area (Å²) < 4.78 is 4.66. The fourth-order valence-corrected chi connectivity index (χ4v) is 4.30. The highest BCUT2D eigenvalue weighted by atomic mass is 32.2. The molecule has 0 radical (unpaired) electrons. The number of unbranched alkanes of at least 4 members (excludes halogenated alkanes) is 9. The molecular weight excluding hydrogens is 292 g/mol. The second-order valence-electron chi connectivity index (χ2n) is 6.65. The Morgan fingerprint density at radius 3 is 1.86 bits per heavy atom. The monoisotopic (exact) mass is 328 g/mol. The Bertz CT molecular complexity index is 281. The maximum Gasteiger partial charge on any atom is 0.305 e. The Morgan fingerprint density at radius 1 is 0.818 bits per heavy atom. The van der Waals surface area contributed by atoms with Gasteiger partial charge >= 0.3 is 5.97 Å². The molecule has 2 atom stereocenters. The van der Waals surface area contributed by atoms with E-state index in [0.717, 1.165) is 16.9 Å². The first-order chi connectivity index (χ1) is 10.8. The van der Waals surface area contributed by atoms with Crippen molar-refractivity contribution in [2.75, 3.05) is 7.11 Å². The van der Waals surface area contributed by atoms with Gasteiger partial charge in [-0.15, -0.1) is 0 Å². The van der Waals surface area contributed by atoms with Gasteiger partial charge in [-0.05, 0) is 19.3 Å². The second-order valence-corrected chi connectivity index (χ2v) is 8.14. The highest BCUT2D eigenvalue weighted by Crippen LogP contribution is 2.47. The van der Waals surface area contributed by atoms with Gasteiger partial charge in [0.15, 0.2) is 0 Å². The quantitative estimate of drug-likeness (QED) is 0.206. The molecule has 1 aliphatic rings. The molecular formula is C19H36O2S. The van der Waals surface area contributed by atoms with Crippen LogP contribution in [0.1, 0.15) is 96.8 Å². The van der Waals surface area contributed by atoms with Crippen LogP contribution in [0.4, 0.5) is 0 Å². The maximum absolute atomic E-state index is 11.0. The summed E-state index contributed by atoms with van der Waals surface area (Å²) in [5.41, 5.74) is 0. The third kappa shape index (κ3) is 10.5. The summed E-state index contributed by atoms with van der Waals surface area (Å²) in [4.78, 5) is 11.0. The van der Waals surface area contributed by atoms with Crippen molar-refractivity contribution in [2.45, 2.75) is 107 Å². The molecule has 1 aliphatic heterocycles. The number of esters is 1. The molecule has 0 unspecified atom stereocenters. The molecule has 0 aliphatic carbocycles. The lowest BCUT2D eigenvalue weighted by Crippen LogP contribution is -2.00. The first-order valence-corrected chi connectivity index (χ1v) is 10.4. The number of ether oxygens (including phenoxy) is 1. The SMILES string of the molecule is CCCCCCCCCCC[C@H]1S[C@@H]1CCCCC(=O)OC. The lowest BCUT2D eigenvalue weighted by atomic mass is 10.0. The normalized spacial score (nSPS) is 20.1. The van der Waals surface area contributed by atoms with E-state index in [1.54, 1.807) is 0 Å². The van der Waals surface area contributed by atoms with E-state index in [2.05, 4.69) is 23.4 Å². The fraction of sp³-hybridized carbons (Fsp3) is 0.947. The molecule has 22 heavy (non-hydrogen) atoms. The molecule has 0 amide bonds. The van der Waals surface area contributed by atoms with Crippen LogP contribution < -0.4 is 0 Å². The number of rotatable bonds is 15. The molecule has 3 heteroatoms. The Hall–Kier alpha value is -0.180. The highest BCUT2D eigenvalue weighted by molar-refractivity contribution is 8.07. The highest BCUT2D eigenvalue weighted by Gasteiger charge is 2.36. The number of carbonyl (C=O) groups excluding carboxylic acids is 1. The van der Waals surface area contributed by atoms with Gasteiger partial charge in [0.05, 0.1) is 7.11 Å². The van der Waals surface area contributed by atoms with Gasteiger partial charge in [-0.2, -0.15) is 11.8 Å². The van der Waals surface area contributed by atoms with Gasteiger partial charge in [0.1, 0.15) is 0 Å². The second kappa shape index (κ2) is 13.3. The molecule has 0 spiro atoms. The number of thioether (sulfide) groups is 1. The zero-order chi connectivity index (χ0) is 16.0. The van der Waals surface area contributed by atoms with Crippen LogP contribution in [0.3, 0.4) is 0 Å². The van der Waals surface area contributed by atoms with Crippen molar-refractivity contribution in [1.29, 1.82) is 0 Å². The van der Waals surface area contributed by atoms with Gasteiger partial charge < -0.3 is 4.74 Å². The van der Waals surface area contributed by atoms with Crippen LogP contribution in [0, 0.1) is 0 Å². The van der Waals surface area contributed by atoms with E-state index in [9.17, 15) is 4.79 Å². The third-order valence-corrected chi connectivity index (χ3v) is 6.14. The first-order valence-electron chi connectivity index (χ1n) is 9.50. The molecule has 1 heterocycles. The molecule has 130 valence electrons. The van der Waals surface area contributed by atoms with Crippen LogP contribution in [0.5, 0.6) is 0 Å². The van der Waals surface area contributed by atoms with Gasteiger partial charge in [0.25, 0.3) is 0 Å². The van der Waals surface area contributed by atoms with Crippen LogP contribution >= 0.6 is 11.8 Å². The van der Waals surface area contributed by atoms with Gasteiger partial charge in [0.2, 0.25) is 0 Å². The van der Waals surface area contributed by atoms with Crippen molar-refractivity contribution in [3.63, 3.8) is 0 Å². The van der Waals surface area contributed by atoms with E-state index in [1.165, 1.54) is 84.2 Å². The van der Waals surface area contributed by atoms with Crippen LogP contribution in [0.15, 0.2) is 0 Å². The summed E-state index contributed by atoms with van der Waals surface area (Å²) in [7, 11) is 1.47. The maximum atomic E-state index is 11.0. The minimum absolute atomic E-state index is 0.0605. The molecule has 0 aromatic rings. The standard InChI is InChI=1S/C19H36O2S/c1-3-4-5-6-7-8-9-10-11-14-17-18(22-17)15-12-13-16-19(20)21-2/h17-18H,3-16H2,1-2H3/t17-,18-/m1/s1. The minimum atomic E-state index is -0.0605. The van der Waals surface area contributed by atoms with Crippen molar-refractivity contribution < 1.29 is 9.53 Å². The molecule has 0 saturated carbocycles. The van der Waals surface area contributed by atoms with Crippen LogP contribution in [-0.2, 0) is 9.53 Å². The molecule has 0 aromatic carbocycles. The molecule has 0 aromatic heterocycles. The predicted octanol–water partition coefficient (Wildman–Crippen LogP) is 6.12. The predicted molar refractivity (Wildman–Crippen MR) is 97.5 cm³/mol. The minimum Gasteiger partial charge on any atom is -0.469 e. The zero-order valence-corrected chi connectivity index (χ0v) is 15.6. The topological polar surface area (TPSA) is 26.3 Å². The largest absolute Gasteiger partial charge is 0.469 e. The molecule has 0 N–H and O–H groups in total. The molecule has 1 rings (SSSR count). The van der Waals surface area contributed by atoms with Crippen molar-refractivity contribution in [1.82, 2.24) is 0 Å². The number of carbonyl (C=O) groups is 1. The Morgan fingerprint density at radius 2 is 1.32 bits per heavy atom. The van der Waals surface area contributed by atoms with Crippen LogP contribution in [0.25, 0.3) is 0 Å². The summed E-state index contributed by atoms with van der Waals surface area (Å²) in [5.74, 6) is -0.0605. The van der Waals surface area contributed by atoms with Crippen molar-refractivity contribution >= 4 is 17.7 Å². The molecule has 1 fully saturated rings. The van der Waals surface area contributed by atoms with Gasteiger partial charge in [-0.25, -0.2) is 0 Å². The van der Waals surface area contributed by atoms with Crippen molar-refractivity contribution in [3.05, 3.63) is 0 Å². The zero-order valence-electron chi connectivity index (χ0n) is 14.8. The van der Waals surface area contributed by atoms with Crippen LogP contribution in [-0.4, -0.2) is 23.6 Å². The average molecular weight is 329 g/mol. The Labute approximate surface area is 142 Å². The Kier molecular flexibility index (Phi) is 12.0. The first kappa shape index (κ1) is 19.9. The number of hydrogen-bond donors (Lipinski definition) is 0.